The maximum absolute atomic E-state index is 9.82. The molecule has 1 heterocycles. The summed E-state index contributed by atoms with van der Waals surface area (Å²) in [6.45, 7) is 10.5. The molecule has 2 aliphatic rings. The fraction of sp³-hybridized carbons (Fsp3) is 0.500. The Morgan fingerprint density at radius 3 is 3.10 bits per heavy atom. The highest BCUT2D eigenvalue weighted by molar-refractivity contribution is 5.44. The highest BCUT2D eigenvalue weighted by Gasteiger charge is 2.48. The van der Waals surface area contributed by atoms with Crippen LogP contribution in [0.15, 0.2) is 36.6 Å². The molecular weight excluding hydrogens is 246 g/mol. The molecule has 0 aromatic heterocycles. The topological polar surface area (TPSA) is 23.5 Å². The predicted octanol–water partition coefficient (Wildman–Crippen LogP) is 3.26. The van der Waals surface area contributed by atoms with Crippen molar-refractivity contribution in [2.75, 3.05) is 13.1 Å². The van der Waals surface area contributed by atoms with E-state index < -0.39 is 0 Å². The first-order valence-corrected chi connectivity index (χ1v) is 7.47. The molecule has 1 aliphatic carbocycles. The van der Waals surface area contributed by atoms with Crippen LogP contribution in [0.1, 0.15) is 31.4 Å². The Morgan fingerprint density at radius 1 is 1.55 bits per heavy atom. The molecule has 2 nitrogen and oxygen atoms in total. The summed E-state index contributed by atoms with van der Waals surface area (Å²) in [6, 6.07) is 6.49. The highest BCUT2D eigenvalue weighted by atomic mass is 16.3. The van der Waals surface area contributed by atoms with Crippen LogP contribution in [-0.4, -0.2) is 29.1 Å². The molecule has 0 radical (unpaired) electrons. The molecular formula is C18H23NO. The second-order valence-electron chi connectivity index (χ2n) is 6.47. The number of hydrogen-bond donors (Lipinski definition) is 1. The van der Waals surface area contributed by atoms with Gasteiger partial charge in [0, 0.05) is 12.6 Å². The van der Waals surface area contributed by atoms with E-state index in [-0.39, 0.29) is 5.41 Å². The Bertz CT molecular complexity index is 573. The lowest BCUT2D eigenvalue weighted by Gasteiger charge is -2.54. The smallest absolute Gasteiger partial charge is 0.115 e. The van der Waals surface area contributed by atoms with Crippen LogP contribution in [0.2, 0.25) is 0 Å². The Kier molecular flexibility index (Phi) is 3.24. The summed E-state index contributed by atoms with van der Waals surface area (Å²) in [6.07, 6.45) is 4.26. The molecule has 1 fully saturated rings. The largest absolute Gasteiger partial charge is 0.508 e. The molecule has 2 bridgehead atoms. The van der Waals surface area contributed by atoms with Crippen molar-refractivity contribution in [2.45, 2.75) is 38.1 Å². The molecule has 3 rings (SSSR count). The molecule has 0 spiro atoms. The van der Waals surface area contributed by atoms with Gasteiger partial charge in [0.15, 0.2) is 0 Å². The molecule has 1 aromatic rings. The van der Waals surface area contributed by atoms with Crippen LogP contribution in [0.3, 0.4) is 0 Å². The van der Waals surface area contributed by atoms with Crippen molar-refractivity contribution in [1.29, 1.82) is 0 Å². The van der Waals surface area contributed by atoms with Crippen molar-refractivity contribution in [1.82, 2.24) is 4.90 Å². The van der Waals surface area contributed by atoms with Crippen molar-refractivity contribution in [3.05, 3.63) is 47.7 Å². The quantitative estimate of drug-likeness (QED) is 0.833. The van der Waals surface area contributed by atoms with Gasteiger partial charge in [0.1, 0.15) is 5.75 Å². The second-order valence-corrected chi connectivity index (χ2v) is 6.47. The summed E-state index contributed by atoms with van der Waals surface area (Å²) in [5.74, 6) is 0.997. The minimum atomic E-state index is 0.186. The number of phenolic OH excluding ortho intramolecular Hbond substituents is 1. The van der Waals surface area contributed by atoms with Gasteiger partial charge in [0.25, 0.3) is 0 Å². The van der Waals surface area contributed by atoms with E-state index in [9.17, 15) is 5.11 Å². The number of aromatic hydroxyl groups is 1. The third-order valence-corrected chi connectivity index (χ3v) is 5.58. The minimum Gasteiger partial charge on any atom is -0.508 e. The third-order valence-electron chi connectivity index (χ3n) is 5.58. The van der Waals surface area contributed by atoms with Crippen LogP contribution in [-0.2, 0) is 11.8 Å². The van der Waals surface area contributed by atoms with Crippen molar-refractivity contribution in [3.8, 4) is 5.75 Å². The van der Waals surface area contributed by atoms with Gasteiger partial charge in [-0.3, -0.25) is 4.90 Å². The van der Waals surface area contributed by atoms with E-state index in [1.807, 2.05) is 18.2 Å². The molecule has 20 heavy (non-hydrogen) atoms. The lowest BCUT2D eigenvalue weighted by molar-refractivity contribution is 0.0398. The summed E-state index contributed by atoms with van der Waals surface area (Å²) in [5.41, 5.74) is 5.84. The van der Waals surface area contributed by atoms with Gasteiger partial charge < -0.3 is 5.11 Å². The number of phenols is 1. The number of hydrogen-bond acceptors (Lipinski definition) is 2. The lowest BCUT2D eigenvalue weighted by atomic mass is 9.59. The summed E-state index contributed by atoms with van der Waals surface area (Å²) in [4.78, 5) is 2.56. The first kappa shape index (κ1) is 13.5. The van der Waals surface area contributed by atoms with E-state index in [2.05, 4.69) is 37.1 Å². The van der Waals surface area contributed by atoms with Crippen LogP contribution in [0, 0.1) is 5.92 Å². The maximum Gasteiger partial charge on any atom is 0.115 e. The predicted molar refractivity (Wildman–Crippen MR) is 82.0 cm³/mol. The Morgan fingerprint density at radius 2 is 2.35 bits per heavy atom. The van der Waals surface area contributed by atoms with E-state index in [0.717, 1.165) is 25.9 Å². The van der Waals surface area contributed by atoms with Gasteiger partial charge in [-0.05, 0) is 60.1 Å². The minimum absolute atomic E-state index is 0.186. The van der Waals surface area contributed by atoms with E-state index in [1.165, 1.54) is 11.1 Å². The first-order chi connectivity index (χ1) is 9.56. The molecule has 1 aliphatic heterocycles. The van der Waals surface area contributed by atoms with Gasteiger partial charge >= 0.3 is 0 Å². The zero-order valence-electron chi connectivity index (χ0n) is 12.4. The number of rotatable bonds is 2. The van der Waals surface area contributed by atoms with Crippen LogP contribution >= 0.6 is 0 Å². The average molecular weight is 269 g/mol. The van der Waals surface area contributed by atoms with Gasteiger partial charge in [-0.1, -0.05) is 26.5 Å². The van der Waals surface area contributed by atoms with Gasteiger partial charge in [-0.25, -0.2) is 0 Å². The van der Waals surface area contributed by atoms with E-state index in [0.29, 0.717) is 17.7 Å². The van der Waals surface area contributed by atoms with Gasteiger partial charge in [0.05, 0.1) is 0 Å². The molecule has 3 atom stereocenters. The normalized spacial score (nSPS) is 32.3. The zero-order chi connectivity index (χ0) is 14.3. The molecule has 3 unspecified atom stereocenters. The fourth-order valence-electron chi connectivity index (χ4n) is 4.10. The number of benzene rings is 1. The summed E-state index contributed by atoms with van der Waals surface area (Å²) >= 11 is 0. The van der Waals surface area contributed by atoms with Crippen molar-refractivity contribution < 1.29 is 5.11 Å². The van der Waals surface area contributed by atoms with Crippen LogP contribution in [0.5, 0.6) is 5.75 Å². The molecule has 1 aromatic carbocycles. The molecule has 106 valence electrons. The standard InChI is InChI=1S/C18H23NO/c1-4-5-9-19-10-8-18(3)13(2)17(19)11-14-6-7-15(20)12-16(14)18/h5-7,12-13,17,20H,1,8-11H2,2-3H3. The van der Waals surface area contributed by atoms with Gasteiger partial charge in [-0.15, -0.1) is 5.73 Å². The maximum atomic E-state index is 9.82. The first-order valence-electron chi connectivity index (χ1n) is 7.47. The highest BCUT2D eigenvalue weighted by Crippen LogP contribution is 2.49. The van der Waals surface area contributed by atoms with E-state index in [1.54, 1.807) is 0 Å². The molecule has 0 saturated carbocycles. The average Bonchev–Trinajstić information content (AvgIpc) is 2.43. The zero-order valence-corrected chi connectivity index (χ0v) is 12.4. The fourth-order valence-corrected chi connectivity index (χ4v) is 4.10. The van der Waals surface area contributed by atoms with Crippen molar-refractivity contribution in [3.63, 3.8) is 0 Å². The molecule has 1 saturated heterocycles. The Balaban J connectivity index is 2.01. The van der Waals surface area contributed by atoms with Crippen LogP contribution in [0.25, 0.3) is 0 Å². The SMILES string of the molecule is C=C=CCN1CCC2(C)c3cc(O)ccc3CC1C2C. The second kappa shape index (κ2) is 4.80. The van der Waals surface area contributed by atoms with E-state index in [4.69, 9.17) is 0 Å². The third kappa shape index (κ3) is 1.91. The van der Waals surface area contributed by atoms with Gasteiger partial charge in [0.2, 0.25) is 0 Å². The number of likely N-dealkylation sites (tertiary alicyclic amines) is 1. The Hall–Kier alpha value is -1.50. The van der Waals surface area contributed by atoms with Crippen LogP contribution in [0.4, 0.5) is 0 Å². The lowest BCUT2D eigenvalue weighted by Crippen LogP contribution is -2.57. The number of fused-ring (bicyclic) bond motifs is 4. The van der Waals surface area contributed by atoms with Gasteiger partial charge in [-0.2, -0.15) is 0 Å². The van der Waals surface area contributed by atoms with Crippen molar-refractivity contribution >= 4 is 0 Å². The number of nitrogens with zero attached hydrogens (tertiary/aromatic N) is 1. The summed E-state index contributed by atoms with van der Waals surface area (Å²) in [5, 5.41) is 9.82. The monoisotopic (exact) mass is 269 g/mol. The summed E-state index contributed by atoms with van der Waals surface area (Å²) in [7, 11) is 0. The summed E-state index contributed by atoms with van der Waals surface area (Å²) < 4.78 is 0. The van der Waals surface area contributed by atoms with E-state index >= 15 is 0 Å². The van der Waals surface area contributed by atoms with Crippen molar-refractivity contribution in [2.24, 2.45) is 5.92 Å². The Labute approximate surface area is 121 Å². The molecule has 2 heteroatoms. The number of piperidine rings is 1. The van der Waals surface area contributed by atoms with Crippen LogP contribution < -0.4 is 0 Å². The molecule has 1 N–H and O–H groups in total. The molecule has 0 amide bonds.